The van der Waals surface area contributed by atoms with Crippen LogP contribution in [0.2, 0.25) is 5.02 Å². The van der Waals surface area contributed by atoms with Gasteiger partial charge in [0.2, 0.25) is 5.91 Å². The molecule has 0 saturated carbocycles. The first-order valence-corrected chi connectivity index (χ1v) is 8.66. The quantitative estimate of drug-likeness (QED) is 0.817. The minimum atomic E-state index is -0.176. The number of nitrogens with zero attached hydrogens (tertiary/aromatic N) is 3. The van der Waals surface area contributed by atoms with E-state index in [0.717, 1.165) is 11.3 Å². The van der Waals surface area contributed by atoms with Crippen molar-refractivity contribution in [1.29, 1.82) is 5.26 Å². The van der Waals surface area contributed by atoms with Crippen LogP contribution in [0.4, 0.5) is 5.69 Å². The Morgan fingerprint density at radius 3 is 2.54 bits per heavy atom. The van der Waals surface area contributed by atoms with Crippen molar-refractivity contribution in [1.82, 2.24) is 4.90 Å². The molecule has 6 heteroatoms. The lowest BCUT2D eigenvalue weighted by molar-refractivity contribution is -0.121. The summed E-state index contributed by atoms with van der Waals surface area (Å²) in [4.78, 5) is 28.7. The summed E-state index contributed by atoms with van der Waals surface area (Å²) >= 11 is 6.03. The van der Waals surface area contributed by atoms with Gasteiger partial charge in [-0.2, -0.15) is 5.26 Å². The molecule has 2 aromatic rings. The molecule has 132 valence electrons. The fraction of sp³-hybridized carbons (Fsp3) is 0.250. The van der Waals surface area contributed by atoms with Crippen molar-refractivity contribution in [2.24, 2.45) is 0 Å². The van der Waals surface area contributed by atoms with Crippen LogP contribution in [-0.2, 0) is 4.79 Å². The molecule has 1 aliphatic heterocycles. The van der Waals surface area contributed by atoms with Crippen molar-refractivity contribution in [2.45, 2.75) is 19.9 Å². The van der Waals surface area contributed by atoms with Crippen LogP contribution < -0.4 is 4.90 Å². The highest BCUT2D eigenvalue weighted by Gasteiger charge is 2.33. The van der Waals surface area contributed by atoms with Gasteiger partial charge in [-0.05, 0) is 61.9 Å². The fourth-order valence-corrected chi connectivity index (χ4v) is 3.15. The molecule has 0 radical (unpaired) electrons. The van der Waals surface area contributed by atoms with Gasteiger partial charge in [0, 0.05) is 28.9 Å². The second-order valence-electron chi connectivity index (χ2n) is 6.41. The van der Waals surface area contributed by atoms with Gasteiger partial charge in [0.15, 0.2) is 0 Å². The topological polar surface area (TPSA) is 64.4 Å². The monoisotopic (exact) mass is 367 g/mol. The summed E-state index contributed by atoms with van der Waals surface area (Å²) in [5.41, 5.74) is 2.63. The molecule has 1 heterocycles. The van der Waals surface area contributed by atoms with Gasteiger partial charge in [-0.25, -0.2) is 0 Å². The van der Waals surface area contributed by atoms with E-state index in [4.69, 9.17) is 16.9 Å². The molecule has 1 fully saturated rings. The lowest BCUT2D eigenvalue weighted by atomic mass is 10.1. The van der Waals surface area contributed by atoms with Crippen molar-refractivity contribution in [3.63, 3.8) is 0 Å². The van der Waals surface area contributed by atoms with Crippen LogP contribution in [0.5, 0.6) is 0 Å². The number of aryl methyl sites for hydroxylation is 1. The van der Waals surface area contributed by atoms with Crippen LogP contribution in [0.3, 0.4) is 0 Å². The number of piperazine rings is 1. The molecule has 2 aromatic carbocycles. The second kappa shape index (κ2) is 7.19. The van der Waals surface area contributed by atoms with Crippen LogP contribution in [0.1, 0.15) is 28.4 Å². The summed E-state index contributed by atoms with van der Waals surface area (Å²) in [6.45, 7) is 4.19. The first kappa shape index (κ1) is 18.0. The van der Waals surface area contributed by atoms with E-state index in [0.29, 0.717) is 22.7 Å². The second-order valence-corrected chi connectivity index (χ2v) is 6.82. The Morgan fingerprint density at radius 2 is 1.92 bits per heavy atom. The molecule has 2 amide bonds. The van der Waals surface area contributed by atoms with Crippen LogP contribution in [-0.4, -0.2) is 35.8 Å². The Kier molecular flexibility index (Phi) is 4.97. The number of hydrogen-bond donors (Lipinski definition) is 0. The van der Waals surface area contributed by atoms with E-state index < -0.39 is 0 Å². The fourth-order valence-electron chi connectivity index (χ4n) is 3.03. The molecule has 1 aliphatic rings. The van der Waals surface area contributed by atoms with Crippen molar-refractivity contribution < 1.29 is 9.59 Å². The Balaban J connectivity index is 1.79. The van der Waals surface area contributed by atoms with E-state index in [9.17, 15) is 9.59 Å². The third kappa shape index (κ3) is 3.42. The number of amides is 2. The molecular weight excluding hydrogens is 350 g/mol. The maximum Gasteiger partial charge on any atom is 0.254 e. The van der Waals surface area contributed by atoms with Gasteiger partial charge in [0.25, 0.3) is 5.91 Å². The maximum atomic E-state index is 12.8. The Bertz CT molecular complexity index is 902. The van der Waals surface area contributed by atoms with Crippen molar-refractivity contribution in [3.05, 3.63) is 64.2 Å². The van der Waals surface area contributed by atoms with Gasteiger partial charge >= 0.3 is 0 Å². The Morgan fingerprint density at radius 1 is 1.23 bits per heavy atom. The third-order valence-corrected chi connectivity index (χ3v) is 4.98. The summed E-state index contributed by atoms with van der Waals surface area (Å²) in [6, 6.07) is 13.9. The number of carbonyl (C=O) groups excluding carboxylic acids is 2. The van der Waals surface area contributed by atoms with E-state index >= 15 is 0 Å². The number of carbonyl (C=O) groups is 2. The highest BCUT2D eigenvalue weighted by molar-refractivity contribution is 6.31. The Labute approximate surface area is 157 Å². The van der Waals surface area contributed by atoms with E-state index in [1.807, 2.05) is 13.8 Å². The van der Waals surface area contributed by atoms with Gasteiger partial charge < -0.3 is 9.80 Å². The van der Waals surface area contributed by atoms with Gasteiger partial charge in [0.1, 0.15) is 6.54 Å². The highest BCUT2D eigenvalue weighted by Crippen LogP contribution is 2.23. The van der Waals surface area contributed by atoms with E-state index in [1.165, 1.54) is 0 Å². The van der Waals surface area contributed by atoms with Crippen LogP contribution in [0, 0.1) is 18.3 Å². The van der Waals surface area contributed by atoms with Crippen LogP contribution in [0.15, 0.2) is 42.5 Å². The van der Waals surface area contributed by atoms with Gasteiger partial charge in [-0.1, -0.05) is 11.6 Å². The lowest BCUT2D eigenvalue weighted by Crippen LogP contribution is -2.57. The number of benzene rings is 2. The zero-order valence-electron chi connectivity index (χ0n) is 14.6. The number of nitriles is 1. The number of hydrogen-bond acceptors (Lipinski definition) is 3. The minimum absolute atomic E-state index is 0.0156. The summed E-state index contributed by atoms with van der Waals surface area (Å²) in [7, 11) is 0. The summed E-state index contributed by atoms with van der Waals surface area (Å²) in [6.07, 6.45) is 0. The molecule has 0 spiro atoms. The SMILES string of the molecule is Cc1cc(C(=O)N2CC(=O)N(c3ccc(C#N)cc3)CC2C)ccc1Cl. The van der Waals surface area contributed by atoms with Gasteiger partial charge in [0.05, 0.1) is 11.6 Å². The highest BCUT2D eigenvalue weighted by atomic mass is 35.5. The predicted molar refractivity (Wildman–Crippen MR) is 100 cm³/mol. The Hall–Kier alpha value is -2.84. The molecule has 1 unspecified atom stereocenters. The molecule has 1 saturated heterocycles. The number of rotatable bonds is 2. The minimum Gasteiger partial charge on any atom is -0.325 e. The predicted octanol–water partition coefficient (Wildman–Crippen LogP) is 3.40. The summed E-state index contributed by atoms with van der Waals surface area (Å²) in [5.74, 6) is -0.322. The molecule has 26 heavy (non-hydrogen) atoms. The molecule has 5 nitrogen and oxygen atoms in total. The normalized spacial score (nSPS) is 17.2. The average Bonchev–Trinajstić information content (AvgIpc) is 2.65. The van der Waals surface area contributed by atoms with Crippen LogP contribution in [0.25, 0.3) is 0 Å². The van der Waals surface area contributed by atoms with E-state index in [-0.39, 0.29) is 24.4 Å². The molecule has 0 bridgehead atoms. The van der Waals surface area contributed by atoms with Crippen molar-refractivity contribution in [2.75, 3.05) is 18.0 Å². The number of anilines is 1. The van der Waals surface area contributed by atoms with E-state index in [2.05, 4.69) is 6.07 Å². The molecule has 1 atom stereocenters. The van der Waals surface area contributed by atoms with Crippen LogP contribution >= 0.6 is 11.6 Å². The molecule has 0 N–H and O–H groups in total. The average molecular weight is 368 g/mol. The smallest absolute Gasteiger partial charge is 0.254 e. The zero-order chi connectivity index (χ0) is 18.8. The first-order chi connectivity index (χ1) is 12.4. The summed E-state index contributed by atoms with van der Waals surface area (Å²) in [5, 5.41) is 9.50. The third-order valence-electron chi connectivity index (χ3n) is 4.56. The van der Waals surface area contributed by atoms with Crippen molar-refractivity contribution >= 4 is 29.1 Å². The van der Waals surface area contributed by atoms with E-state index in [1.54, 1.807) is 52.3 Å². The molecular formula is C20H18ClN3O2. The van der Waals surface area contributed by atoms with Gasteiger partial charge in [-0.15, -0.1) is 0 Å². The molecule has 0 aliphatic carbocycles. The standard InChI is InChI=1S/C20H18ClN3O2/c1-13-9-16(5-8-18(13)21)20(26)23-12-19(25)24(11-14(23)2)17-6-3-15(10-22)4-7-17/h3-9,14H,11-12H2,1-2H3. The summed E-state index contributed by atoms with van der Waals surface area (Å²) < 4.78 is 0. The maximum absolute atomic E-state index is 12.8. The largest absolute Gasteiger partial charge is 0.325 e. The molecule has 0 aromatic heterocycles. The molecule has 3 rings (SSSR count). The van der Waals surface area contributed by atoms with Crippen molar-refractivity contribution in [3.8, 4) is 6.07 Å². The van der Waals surface area contributed by atoms with Gasteiger partial charge in [-0.3, -0.25) is 9.59 Å². The zero-order valence-corrected chi connectivity index (χ0v) is 15.3. The first-order valence-electron chi connectivity index (χ1n) is 8.28. The lowest BCUT2D eigenvalue weighted by Gasteiger charge is -2.39. The number of halogens is 1.